The van der Waals surface area contributed by atoms with Crippen LogP contribution in [-0.2, 0) is 38.7 Å². The first-order valence-corrected chi connectivity index (χ1v) is 5.50. The zero-order chi connectivity index (χ0) is 8.41. The van der Waals surface area contributed by atoms with Crippen LogP contribution >= 0.6 is 0 Å². The van der Waals surface area contributed by atoms with Crippen molar-refractivity contribution in [3.05, 3.63) is 12.7 Å². The van der Waals surface area contributed by atoms with Crippen molar-refractivity contribution in [1.82, 2.24) is 5.32 Å². The molecule has 0 atom stereocenters. The van der Waals surface area contributed by atoms with Crippen LogP contribution in [0.2, 0.25) is 0 Å². The summed E-state index contributed by atoms with van der Waals surface area (Å²) in [6.07, 6.45) is 1.60. The molecular formula is C6H9NOW2-2. The Kier molecular flexibility index (Phi) is 16.7. The van der Waals surface area contributed by atoms with Gasteiger partial charge in [0.05, 0.1) is 0 Å². The molecule has 0 amide bonds. The second-order valence-electron chi connectivity index (χ2n) is 1.15. The molecule has 0 aromatic rings. The molecule has 10 heavy (non-hydrogen) atoms. The molecule has 0 fully saturated rings. The maximum atomic E-state index is 7.36. The molecule has 0 aliphatic carbocycles. The van der Waals surface area contributed by atoms with Gasteiger partial charge in [-0.05, 0) is 0 Å². The van der Waals surface area contributed by atoms with Gasteiger partial charge in [-0.15, -0.1) is 0 Å². The fourth-order valence-corrected chi connectivity index (χ4v) is 0.752. The number of likely N-dealkylation sites (N-methyl/N-ethyl adjacent to an activating group) is 1. The van der Waals surface area contributed by atoms with Gasteiger partial charge in [0.1, 0.15) is 0 Å². The van der Waals surface area contributed by atoms with Crippen LogP contribution < -0.4 is 5.32 Å². The van der Waals surface area contributed by atoms with E-state index in [1.165, 1.54) is 19.4 Å². The first-order chi connectivity index (χ1) is 4.72. The number of nitrogens with one attached hydrogen (secondary N) is 1. The second-order valence-corrected chi connectivity index (χ2v) is 3.39. The molecule has 0 aromatic heterocycles. The second kappa shape index (κ2) is 12.5. The number of hydrogen-bond donors (Lipinski definition) is 2. The summed E-state index contributed by atoms with van der Waals surface area (Å²) in [5.41, 5.74) is 0. The van der Waals surface area contributed by atoms with Crippen molar-refractivity contribution < 1.29 is 43.8 Å². The molecule has 2 N–H and O–H groups in total. The SMILES string of the molecule is O[C-]=[W].[CH-]=C[C](=[W])NCC. The monoisotopic (exact) mass is 479 g/mol. The quantitative estimate of drug-likeness (QED) is 0.551. The molecule has 0 saturated heterocycles. The van der Waals surface area contributed by atoms with Gasteiger partial charge in [-0.3, -0.25) is 0 Å². The Morgan fingerprint density at radius 3 is 2.40 bits per heavy atom. The zero-order valence-electron chi connectivity index (χ0n) is 5.63. The minimum absolute atomic E-state index is 0.965. The third kappa shape index (κ3) is 15.9. The van der Waals surface area contributed by atoms with Crippen LogP contribution in [0.15, 0.2) is 6.08 Å². The number of rotatable bonds is 3. The maximum absolute atomic E-state index is 7.36. The van der Waals surface area contributed by atoms with Crippen LogP contribution in [0.1, 0.15) is 6.92 Å². The fourth-order valence-electron chi connectivity index (χ4n) is 0.233. The van der Waals surface area contributed by atoms with Gasteiger partial charge in [0.15, 0.2) is 0 Å². The van der Waals surface area contributed by atoms with Crippen LogP contribution in [0.4, 0.5) is 0 Å². The molecule has 0 spiro atoms. The molecule has 0 unspecified atom stereocenters. The van der Waals surface area contributed by atoms with E-state index in [2.05, 4.69) is 5.32 Å². The third-order valence-electron chi connectivity index (χ3n) is 0.502. The van der Waals surface area contributed by atoms with Crippen LogP contribution in [0.5, 0.6) is 0 Å². The number of aliphatic hydroxyl groups excluding tert-OH is 1. The van der Waals surface area contributed by atoms with Crippen LogP contribution in [0, 0.1) is 6.58 Å². The van der Waals surface area contributed by atoms with Crippen molar-refractivity contribution in [1.29, 1.82) is 0 Å². The van der Waals surface area contributed by atoms with Gasteiger partial charge >= 0.3 is 83.9 Å². The topological polar surface area (TPSA) is 32.3 Å². The van der Waals surface area contributed by atoms with Gasteiger partial charge in [-0.2, -0.15) is 0 Å². The molecule has 0 rings (SSSR count). The van der Waals surface area contributed by atoms with E-state index in [0.29, 0.717) is 0 Å². The van der Waals surface area contributed by atoms with Crippen molar-refractivity contribution in [2.45, 2.75) is 6.92 Å². The van der Waals surface area contributed by atoms with Gasteiger partial charge in [0.2, 0.25) is 0 Å². The van der Waals surface area contributed by atoms with Gasteiger partial charge in [-0.1, -0.05) is 0 Å². The summed E-state index contributed by atoms with van der Waals surface area (Å²) in [6.45, 7) is 8.17. The van der Waals surface area contributed by atoms with E-state index in [9.17, 15) is 0 Å². The fraction of sp³-hybridized carbons (Fsp3) is 0.333. The van der Waals surface area contributed by atoms with Crippen molar-refractivity contribution in [3.63, 3.8) is 0 Å². The first-order valence-electron chi connectivity index (χ1n) is 2.56. The Hall–Kier alpha value is 0.777. The molecule has 0 saturated carbocycles. The summed E-state index contributed by atoms with van der Waals surface area (Å²) in [5.74, 6) is 0. The number of aliphatic hydroxyl groups is 1. The van der Waals surface area contributed by atoms with E-state index in [1.807, 2.05) is 11.5 Å². The summed E-state index contributed by atoms with van der Waals surface area (Å²) in [6, 6.07) is 0. The van der Waals surface area contributed by atoms with E-state index in [-0.39, 0.29) is 0 Å². The van der Waals surface area contributed by atoms with E-state index < -0.39 is 0 Å². The van der Waals surface area contributed by atoms with Crippen molar-refractivity contribution >= 4 is 8.61 Å². The summed E-state index contributed by atoms with van der Waals surface area (Å²) in [5, 5.41) is 10.4. The van der Waals surface area contributed by atoms with E-state index in [1.54, 1.807) is 6.08 Å². The Balaban J connectivity index is 0. The normalized spacial score (nSPS) is 7.00. The van der Waals surface area contributed by atoms with E-state index in [4.69, 9.17) is 11.7 Å². The van der Waals surface area contributed by atoms with Crippen molar-refractivity contribution in [2.75, 3.05) is 6.54 Å². The molecule has 0 bridgehead atoms. The predicted octanol–water partition coefficient (Wildman–Crippen LogP) is -0.196. The average Bonchev–Trinajstić information content (AvgIpc) is 1.90. The number of hydrogen-bond acceptors (Lipinski definition) is 2. The van der Waals surface area contributed by atoms with Gasteiger partial charge in [-0.25, -0.2) is 0 Å². The van der Waals surface area contributed by atoms with Crippen molar-refractivity contribution in [3.8, 4) is 0 Å². The Bertz CT molecular complexity index is 114. The van der Waals surface area contributed by atoms with Crippen LogP contribution in [0.25, 0.3) is 0 Å². The molecule has 2 nitrogen and oxygen atoms in total. The van der Waals surface area contributed by atoms with Gasteiger partial charge in [0, 0.05) is 0 Å². The Morgan fingerprint density at radius 2 is 2.30 bits per heavy atom. The molecule has 0 aliphatic heterocycles. The Morgan fingerprint density at radius 1 is 1.90 bits per heavy atom. The predicted molar refractivity (Wildman–Crippen MR) is 34.5 cm³/mol. The summed E-state index contributed by atoms with van der Waals surface area (Å²) >= 11 is 2.37. The molecule has 0 aliphatic rings. The van der Waals surface area contributed by atoms with Crippen molar-refractivity contribution in [2.24, 2.45) is 0 Å². The standard InChI is InChI=1S/C5H8N.CHO.2W/c1-3-5-6-4-2;1-2;;/h1,3,6H,4H2,2H3;2H;;/q2*-1;;. The van der Waals surface area contributed by atoms with Gasteiger partial charge in [0.25, 0.3) is 0 Å². The first kappa shape index (κ1) is 13.4. The molecular weight excluding hydrogens is 470 g/mol. The van der Waals surface area contributed by atoms with E-state index in [0.717, 1.165) is 29.9 Å². The summed E-state index contributed by atoms with van der Waals surface area (Å²) in [7, 11) is 0. The minimum atomic E-state index is 0.965. The summed E-state index contributed by atoms with van der Waals surface area (Å²) in [4.78, 5) is 0. The molecule has 4 heteroatoms. The molecule has 0 heterocycles. The van der Waals surface area contributed by atoms with E-state index >= 15 is 0 Å². The van der Waals surface area contributed by atoms with Crippen LogP contribution in [0.3, 0.4) is 0 Å². The van der Waals surface area contributed by atoms with Gasteiger partial charge < -0.3 is 0 Å². The zero-order valence-corrected chi connectivity index (χ0v) is 11.5. The third-order valence-corrected chi connectivity index (χ3v) is 1.51. The van der Waals surface area contributed by atoms with Crippen LogP contribution in [-0.4, -0.2) is 20.3 Å². The molecule has 58 valence electrons. The molecule has 0 aromatic carbocycles. The average molecular weight is 479 g/mol. The summed E-state index contributed by atoms with van der Waals surface area (Å²) < 4.78 is 2.95. The Labute approximate surface area is 83.5 Å². The molecule has 0 radical (unpaired) electrons.